The fourth-order valence-corrected chi connectivity index (χ4v) is 3.00. The molecule has 1 aromatic carbocycles. The van der Waals surface area contributed by atoms with Crippen molar-refractivity contribution in [3.8, 4) is 5.69 Å². The average Bonchev–Trinajstić information content (AvgIpc) is 3.32. The molecule has 0 amide bonds. The molecule has 4 rings (SSSR count). The van der Waals surface area contributed by atoms with Crippen molar-refractivity contribution >= 4 is 18.4 Å². The van der Waals surface area contributed by atoms with E-state index in [1.165, 1.54) is 12.1 Å². The number of H-pyrrole nitrogens is 1. The molecule has 1 saturated carbocycles. The minimum absolute atomic E-state index is 0.269. The summed E-state index contributed by atoms with van der Waals surface area (Å²) in [6.07, 6.45) is 4.00. The average molecular weight is 356 g/mol. The Labute approximate surface area is 149 Å². The summed E-state index contributed by atoms with van der Waals surface area (Å²) in [7, 11) is 0. The molecular weight excluding hydrogens is 339 g/mol. The zero-order valence-corrected chi connectivity index (χ0v) is 14.7. The highest BCUT2D eigenvalue weighted by atomic mass is 32.1. The SMILES string of the molecule is Cc1nn(-c2ccc(F)cc2)c(C)c1/C=N\n1c(C2CC2)n[nH]c1=S. The van der Waals surface area contributed by atoms with Crippen molar-refractivity contribution in [2.24, 2.45) is 5.10 Å². The van der Waals surface area contributed by atoms with Gasteiger partial charge in [-0.15, -0.1) is 0 Å². The van der Waals surface area contributed by atoms with Crippen LogP contribution in [0.1, 0.15) is 41.5 Å². The Morgan fingerprint density at radius 1 is 1.28 bits per heavy atom. The Kier molecular flexibility index (Phi) is 3.84. The van der Waals surface area contributed by atoms with Gasteiger partial charge in [0.2, 0.25) is 4.77 Å². The van der Waals surface area contributed by atoms with Crippen LogP contribution >= 0.6 is 12.2 Å². The van der Waals surface area contributed by atoms with E-state index in [0.717, 1.165) is 41.3 Å². The number of aromatic amines is 1. The standard InChI is InChI=1S/C17H17FN6S/c1-10-15(9-19-24-16(12-3-4-12)20-21-17(24)25)11(2)23(22-10)14-7-5-13(18)6-8-14/h5-9,12H,3-4H2,1-2H3,(H,21,25)/b19-9-. The smallest absolute Gasteiger partial charge is 0.216 e. The van der Waals surface area contributed by atoms with Gasteiger partial charge < -0.3 is 0 Å². The number of rotatable bonds is 4. The number of halogens is 1. The van der Waals surface area contributed by atoms with Crippen molar-refractivity contribution in [1.29, 1.82) is 0 Å². The predicted octanol–water partition coefficient (Wildman–Crippen LogP) is 3.64. The molecule has 25 heavy (non-hydrogen) atoms. The molecule has 0 unspecified atom stereocenters. The molecule has 0 radical (unpaired) electrons. The maximum atomic E-state index is 13.1. The number of aryl methyl sites for hydroxylation is 1. The molecule has 0 aliphatic heterocycles. The van der Waals surface area contributed by atoms with Crippen molar-refractivity contribution in [2.45, 2.75) is 32.6 Å². The van der Waals surface area contributed by atoms with E-state index in [1.54, 1.807) is 27.7 Å². The van der Waals surface area contributed by atoms with Crippen molar-refractivity contribution in [3.05, 3.63) is 57.6 Å². The van der Waals surface area contributed by atoms with Gasteiger partial charge in [0, 0.05) is 11.5 Å². The van der Waals surface area contributed by atoms with Crippen molar-refractivity contribution in [1.82, 2.24) is 24.7 Å². The van der Waals surface area contributed by atoms with Gasteiger partial charge >= 0.3 is 0 Å². The minimum Gasteiger partial charge on any atom is -0.250 e. The summed E-state index contributed by atoms with van der Waals surface area (Å²) in [6, 6.07) is 6.25. The van der Waals surface area contributed by atoms with Crippen LogP contribution in [0.25, 0.3) is 5.69 Å². The molecule has 0 saturated heterocycles. The third-order valence-corrected chi connectivity index (χ3v) is 4.60. The van der Waals surface area contributed by atoms with Crippen LogP contribution in [0, 0.1) is 24.4 Å². The first-order valence-corrected chi connectivity index (χ1v) is 8.49. The summed E-state index contributed by atoms with van der Waals surface area (Å²) in [6.45, 7) is 3.88. The number of hydrogen-bond donors (Lipinski definition) is 1. The highest BCUT2D eigenvalue weighted by Gasteiger charge is 2.29. The lowest BCUT2D eigenvalue weighted by Crippen LogP contribution is -2.00. The zero-order valence-electron chi connectivity index (χ0n) is 13.9. The molecule has 3 aromatic rings. The third-order valence-electron chi connectivity index (χ3n) is 4.34. The molecular formula is C17H17FN6S. The molecule has 2 aromatic heterocycles. The quantitative estimate of drug-likeness (QED) is 0.573. The van der Waals surface area contributed by atoms with E-state index in [9.17, 15) is 4.39 Å². The van der Waals surface area contributed by atoms with Crippen LogP contribution in [-0.2, 0) is 0 Å². The molecule has 1 aliphatic carbocycles. The first-order valence-electron chi connectivity index (χ1n) is 8.08. The molecule has 0 spiro atoms. The summed E-state index contributed by atoms with van der Waals surface area (Å²) in [4.78, 5) is 0. The molecule has 128 valence electrons. The normalized spacial score (nSPS) is 14.5. The summed E-state index contributed by atoms with van der Waals surface area (Å²) in [5.74, 6) is 1.05. The van der Waals surface area contributed by atoms with E-state index < -0.39 is 0 Å². The van der Waals surface area contributed by atoms with Crippen molar-refractivity contribution in [3.63, 3.8) is 0 Å². The summed E-state index contributed by atoms with van der Waals surface area (Å²) in [5.41, 5.74) is 3.49. The van der Waals surface area contributed by atoms with Gasteiger partial charge in [-0.2, -0.15) is 20.0 Å². The highest BCUT2D eigenvalue weighted by molar-refractivity contribution is 7.71. The van der Waals surface area contributed by atoms with Crippen LogP contribution in [0.3, 0.4) is 0 Å². The zero-order chi connectivity index (χ0) is 17.6. The van der Waals surface area contributed by atoms with Crippen LogP contribution in [0.4, 0.5) is 4.39 Å². The number of nitrogens with one attached hydrogen (secondary N) is 1. The Balaban J connectivity index is 1.71. The van der Waals surface area contributed by atoms with Crippen LogP contribution in [0.5, 0.6) is 0 Å². The van der Waals surface area contributed by atoms with Gasteiger partial charge in [-0.1, -0.05) is 0 Å². The fraction of sp³-hybridized carbons (Fsp3) is 0.294. The van der Waals surface area contributed by atoms with E-state index in [4.69, 9.17) is 12.2 Å². The first-order chi connectivity index (χ1) is 12.0. The summed E-state index contributed by atoms with van der Waals surface area (Å²) < 4.78 is 17.1. The topological polar surface area (TPSA) is 63.8 Å². The monoisotopic (exact) mass is 356 g/mol. The van der Waals surface area contributed by atoms with Gasteiger partial charge in [-0.25, -0.2) is 9.07 Å². The maximum absolute atomic E-state index is 13.1. The third kappa shape index (κ3) is 2.93. The lowest BCUT2D eigenvalue weighted by Gasteiger charge is -2.04. The second-order valence-electron chi connectivity index (χ2n) is 6.19. The largest absolute Gasteiger partial charge is 0.250 e. The summed E-state index contributed by atoms with van der Waals surface area (Å²) >= 11 is 5.27. The molecule has 1 aliphatic rings. The second kappa shape index (κ2) is 6.03. The van der Waals surface area contributed by atoms with E-state index in [-0.39, 0.29) is 5.82 Å². The van der Waals surface area contributed by atoms with Crippen molar-refractivity contribution in [2.75, 3.05) is 0 Å². The molecule has 1 fully saturated rings. The van der Waals surface area contributed by atoms with Gasteiger partial charge in [0.15, 0.2) is 5.82 Å². The van der Waals surface area contributed by atoms with Crippen LogP contribution < -0.4 is 0 Å². The molecule has 6 nitrogen and oxygen atoms in total. The highest BCUT2D eigenvalue weighted by Crippen LogP contribution is 2.38. The van der Waals surface area contributed by atoms with Gasteiger partial charge in [0.1, 0.15) is 5.82 Å². The first kappa shape index (κ1) is 15.9. The van der Waals surface area contributed by atoms with Crippen LogP contribution in [0.15, 0.2) is 29.4 Å². The Morgan fingerprint density at radius 3 is 2.68 bits per heavy atom. The number of benzene rings is 1. The van der Waals surface area contributed by atoms with Gasteiger partial charge in [0.25, 0.3) is 0 Å². The van der Waals surface area contributed by atoms with Gasteiger partial charge in [-0.05, 0) is 63.2 Å². The molecule has 2 heterocycles. The van der Waals surface area contributed by atoms with Crippen LogP contribution in [-0.4, -0.2) is 30.9 Å². The molecule has 0 atom stereocenters. The van der Waals surface area contributed by atoms with E-state index in [1.807, 2.05) is 13.8 Å². The predicted molar refractivity (Wildman–Crippen MR) is 95.4 cm³/mol. The molecule has 1 N–H and O–H groups in total. The van der Waals surface area contributed by atoms with Crippen LogP contribution in [0.2, 0.25) is 0 Å². The minimum atomic E-state index is -0.269. The number of hydrogen-bond acceptors (Lipinski definition) is 4. The Hall–Kier alpha value is -2.61. The molecule has 8 heteroatoms. The van der Waals surface area contributed by atoms with E-state index in [2.05, 4.69) is 20.4 Å². The number of aromatic nitrogens is 5. The van der Waals surface area contributed by atoms with Gasteiger partial charge in [-0.3, -0.25) is 5.10 Å². The summed E-state index contributed by atoms with van der Waals surface area (Å²) in [5, 5.41) is 16.1. The lowest BCUT2D eigenvalue weighted by atomic mass is 10.2. The van der Waals surface area contributed by atoms with Crippen molar-refractivity contribution < 1.29 is 4.39 Å². The maximum Gasteiger partial charge on any atom is 0.216 e. The Bertz CT molecular complexity index is 1010. The lowest BCUT2D eigenvalue weighted by molar-refractivity contribution is 0.627. The van der Waals surface area contributed by atoms with Gasteiger partial charge in [0.05, 0.1) is 23.3 Å². The molecule has 0 bridgehead atoms. The number of nitrogens with zero attached hydrogens (tertiary/aromatic N) is 5. The Morgan fingerprint density at radius 2 is 2.00 bits per heavy atom. The second-order valence-corrected chi connectivity index (χ2v) is 6.58. The fourth-order valence-electron chi connectivity index (χ4n) is 2.81. The van der Waals surface area contributed by atoms with E-state index in [0.29, 0.717) is 10.7 Å². The van der Waals surface area contributed by atoms with E-state index >= 15 is 0 Å².